The summed E-state index contributed by atoms with van der Waals surface area (Å²) in [7, 11) is -4.64. The smallest absolute Gasteiger partial charge is 0.237 e. The number of benzene rings is 2. The maximum Gasteiger partial charge on any atom is 0.237 e. The van der Waals surface area contributed by atoms with Gasteiger partial charge in [-0.1, -0.05) is 6.07 Å². The summed E-state index contributed by atoms with van der Waals surface area (Å²) < 4.78 is 105. The van der Waals surface area contributed by atoms with Gasteiger partial charge in [-0.2, -0.15) is 9.65 Å². The molecule has 4 aromatic rings. The molecular weight excluding hydrogens is 609 g/mol. The molecule has 1 saturated heterocycles. The molecule has 0 saturated carbocycles. The minimum absolute atomic E-state index is 0.0625. The van der Waals surface area contributed by atoms with E-state index < -0.39 is 56.7 Å². The van der Waals surface area contributed by atoms with Crippen molar-refractivity contribution >= 4 is 21.7 Å². The summed E-state index contributed by atoms with van der Waals surface area (Å²) >= 11 is 0. The van der Waals surface area contributed by atoms with Crippen LogP contribution >= 0.6 is 0 Å². The van der Waals surface area contributed by atoms with Gasteiger partial charge in [-0.3, -0.25) is 4.72 Å². The first-order valence-electron chi connectivity index (χ1n) is 13.0. The molecule has 0 amide bonds. The SMILES string of the molecule is N#Cc1ccc(CS(=O)(=O)Nc2c(F)cc(Oc3ncccc3-c3ccnc(N[C@@H]4CNC[C@@H](F)C4)n3)c(F)c2F)c(F)c1. The molecule has 1 aliphatic heterocycles. The zero-order valence-corrected chi connectivity index (χ0v) is 23.3. The minimum Gasteiger partial charge on any atom is -0.435 e. The molecule has 5 rings (SSSR count). The van der Waals surface area contributed by atoms with Crippen LogP contribution in [0.25, 0.3) is 11.3 Å². The normalized spacial score (nSPS) is 16.6. The van der Waals surface area contributed by atoms with Crippen LogP contribution in [0.1, 0.15) is 17.5 Å². The third kappa shape index (κ3) is 7.01. The zero-order valence-electron chi connectivity index (χ0n) is 22.5. The van der Waals surface area contributed by atoms with Gasteiger partial charge in [-0.25, -0.2) is 40.9 Å². The van der Waals surface area contributed by atoms with Gasteiger partial charge in [0.1, 0.15) is 17.7 Å². The van der Waals surface area contributed by atoms with Gasteiger partial charge >= 0.3 is 0 Å². The average molecular weight is 632 g/mol. The predicted molar refractivity (Wildman–Crippen MR) is 149 cm³/mol. The van der Waals surface area contributed by atoms with E-state index in [2.05, 4.69) is 25.6 Å². The Balaban J connectivity index is 1.37. The Morgan fingerprint density at radius 2 is 1.84 bits per heavy atom. The Labute approximate surface area is 248 Å². The van der Waals surface area contributed by atoms with Crippen LogP contribution in [0, 0.1) is 34.6 Å². The Morgan fingerprint density at radius 1 is 1.02 bits per heavy atom. The summed E-state index contributed by atoms with van der Waals surface area (Å²) in [6, 6.07) is 9.34. The zero-order chi connectivity index (χ0) is 31.4. The standard InChI is InChI=1S/C28H22F5N7O3S/c29-17-9-18(13-35-12-17)38-28-37-7-5-22(39-28)19-2-1-6-36-27(19)43-23-10-21(31)26(25(33)24(23)32)40-44(41,42)14-16-4-3-15(11-34)8-20(16)30/h1-8,10,17-18,35,40H,9,12-14H2,(H,37,38,39)/t17-,18-/m0/s1. The first-order valence-corrected chi connectivity index (χ1v) is 14.6. The number of halogens is 5. The molecule has 3 heterocycles. The fourth-order valence-electron chi connectivity index (χ4n) is 4.40. The second-order valence-corrected chi connectivity index (χ2v) is 11.4. The van der Waals surface area contributed by atoms with Gasteiger partial charge in [0.15, 0.2) is 17.4 Å². The first-order chi connectivity index (χ1) is 21.0. The number of alkyl halides is 1. The number of anilines is 2. The molecule has 2 aromatic heterocycles. The Hall–Kier alpha value is -4.88. The molecule has 2 aromatic carbocycles. The van der Waals surface area contributed by atoms with Crippen molar-refractivity contribution < 1.29 is 35.1 Å². The van der Waals surface area contributed by atoms with E-state index in [-0.39, 0.29) is 53.2 Å². The number of hydrogen-bond donors (Lipinski definition) is 3. The summed E-state index contributed by atoms with van der Waals surface area (Å²) in [6.07, 6.45) is 1.90. The van der Waals surface area contributed by atoms with Gasteiger partial charge in [0.05, 0.1) is 28.6 Å². The van der Waals surface area contributed by atoms with E-state index in [9.17, 15) is 26.0 Å². The van der Waals surface area contributed by atoms with E-state index >= 15 is 4.39 Å². The van der Waals surface area contributed by atoms with Gasteiger partial charge in [-0.05, 0) is 30.3 Å². The number of sulfonamides is 1. The minimum atomic E-state index is -4.64. The van der Waals surface area contributed by atoms with Crippen molar-refractivity contribution in [3.63, 3.8) is 0 Å². The van der Waals surface area contributed by atoms with E-state index in [4.69, 9.17) is 10.00 Å². The molecule has 0 aliphatic carbocycles. The number of aromatic nitrogens is 3. The molecule has 16 heteroatoms. The van der Waals surface area contributed by atoms with Crippen molar-refractivity contribution in [3.8, 4) is 29.0 Å². The number of hydrogen-bond acceptors (Lipinski definition) is 9. The van der Waals surface area contributed by atoms with E-state index in [0.29, 0.717) is 12.6 Å². The van der Waals surface area contributed by atoms with Crippen LogP contribution in [0.5, 0.6) is 11.6 Å². The number of piperidine rings is 1. The van der Waals surface area contributed by atoms with Crippen molar-refractivity contribution in [1.82, 2.24) is 20.3 Å². The molecule has 1 aliphatic rings. The second kappa shape index (κ2) is 12.8. The lowest BCUT2D eigenvalue weighted by atomic mass is 10.1. The van der Waals surface area contributed by atoms with E-state index in [1.165, 1.54) is 36.7 Å². The Kier molecular flexibility index (Phi) is 8.88. The number of nitrogens with one attached hydrogen (secondary N) is 3. The molecule has 0 bridgehead atoms. The van der Waals surface area contributed by atoms with E-state index in [1.807, 2.05) is 0 Å². The highest BCUT2D eigenvalue weighted by molar-refractivity contribution is 7.91. The lowest BCUT2D eigenvalue weighted by molar-refractivity contribution is 0.254. The molecule has 1 fully saturated rings. The van der Waals surface area contributed by atoms with Crippen molar-refractivity contribution in [2.75, 3.05) is 23.1 Å². The number of ether oxygens (including phenoxy) is 1. The summed E-state index contributed by atoms with van der Waals surface area (Å²) in [6.45, 7) is 0.739. The highest BCUT2D eigenvalue weighted by atomic mass is 32.2. The van der Waals surface area contributed by atoms with Crippen molar-refractivity contribution in [1.29, 1.82) is 5.26 Å². The van der Waals surface area contributed by atoms with Crippen LogP contribution in [0.15, 0.2) is 54.9 Å². The molecule has 0 spiro atoms. The first kappa shape index (κ1) is 30.6. The molecule has 10 nitrogen and oxygen atoms in total. The van der Waals surface area contributed by atoms with Gasteiger partial charge in [0.25, 0.3) is 0 Å². The van der Waals surface area contributed by atoms with E-state index in [1.54, 1.807) is 10.8 Å². The third-order valence-corrected chi connectivity index (χ3v) is 7.66. The maximum absolute atomic E-state index is 15.1. The van der Waals surface area contributed by atoms with Crippen LogP contribution in [0.3, 0.4) is 0 Å². The summed E-state index contributed by atoms with van der Waals surface area (Å²) in [4.78, 5) is 12.5. The van der Waals surface area contributed by atoms with E-state index in [0.717, 1.165) is 12.1 Å². The topological polar surface area (TPSA) is 142 Å². The number of rotatable bonds is 9. The molecule has 228 valence electrons. The highest BCUT2D eigenvalue weighted by Crippen LogP contribution is 2.36. The quantitative estimate of drug-likeness (QED) is 0.175. The lowest BCUT2D eigenvalue weighted by Gasteiger charge is -2.26. The monoisotopic (exact) mass is 631 g/mol. The Bertz CT molecular complexity index is 1860. The summed E-state index contributed by atoms with van der Waals surface area (Å²) in [5.74, 6) is -8.33. The maximum atomic E-state index is 15.1. The lowest BCUT2D eigenvalue weighted by Crippen LogP contribution is -2.44. The van der Waals surface area contributed by atoms with Crippen LogP contribution < -0.4 is 20.1 Å². The van der Waals surface area contributed by atoms with Gasteiger partial charge in [0, 0.05) is 49.6 Å². The number of pyridine rings is 1. The van der Waals surface area contributed by atoms with Crippen LogP contribution in [0.2, 0.25) is 0 Å². The van der Waals surface area contributed by atoms with Crippen LogP contribution in [-0.2, 0) is 15.8 Å². The molecule has 3 N–H and O–H groups in total. The Morgan fingerprint density at radius 3 is 2.59 bits per heavy atom. The molecule has 0 radical (unpaired) electrons. The third-order valence-electron chi connectivity index (χ3n) is 6.45. The van der Waals surface area contributed by atoms with Crippen LogP contribution in [-0.4, -0.2) is 48.7 Å². The summed E-state index contributed by atoms with van der Waals surface area (Å²) in [5.41, 5.74) is -1.35. The molecular formula is C28H22F5N7O3S. The van der Waals surface area contributed by atoms with Gasteiger partial charge in [0.2, 0.25) is 27.7 Å². The van der Waals surface area contributed by atoms with Crippen molar-refractivity contribution in [2.24, 2.45) is 0 Å². The van der Waals surface area contributed by atoms with Gasteiger partial charge < -0.3 is 15.4 Å². The largest absolute Gasteiger partial charge is 0.435 e. The molecule has 2 atom stereocenters. The number of nitrogens with zero attached hydrogens (tertiary/aromatic N) is 4. The van der Waals surface area contributed by atoms with Crippen molar-refractivity contribution in [2.45, 2.75) is 24.4 Å². The molecule has 44 heavy (non-hydrogen) atoms. The summed E-state index contributed by atoms with van der Waals surface area (Å²) in [5, 5.41) is 14.8. The average Bonchev–Trinajstić information content (AvgIpc) is 2.99. The van der Waals surface area contributed by atoms with Gasteiger partial charge in [-0.15, -0.1) is 0 Å². The molecule has 0 unspecified atom stereocenters. The van der Waals surface area contributed by atoms with Crippen molar-refractivity contribution in [3.05, 3.63) is 89.3 Å². The predicted octanol–water partition coefficient (Wildman–Crippen LogP) is 4.81. The fourth-order valence-corrected chi connectivity index (χ4v) is 5.62. The second-order valence-electron chi connectivity index (χ2n) is 9.69. The fraction of sp³-hybridized carbons (Fsp3) is 0.214. The highest BCUT2D eigenvalue weighted by Gasteiger charge is 2.26. The van der Waals surface area contributed by atoms with Crippen LogP contribution in [0.4, 0.5) is 33.6 Å². The number of nitriles is 1.